The predicted molar refractivity (Wildman–Crippen MR) is 115 cm³/mol. The molecule has 0 unspecified atom stereocenters. The normalized spacial score (nSPS) is 12.0. The van der Waals surface area contributed by atoms with E-state index in [0.717, 1.165) is 16.9 Å². The van der Waals surface area contributed by atoms with Crippen LogP contribution in [0.25, 0.3) is 10.2 Å². The van der Waals surface area contributed by atoms with Crippen molar-refractivity contribution >= 4 is 54.9 Å². The van der Waals surface area contributed by atoms with Crippen molar-refractivity contribution in [3.05, 3.63) is 62.5 Å². The van der Waals surface area contributed by atoms with Gasteiger partial charge in [-0.15, -0.1) is 0 Å². The summed E-state index contributed by atoms with van der Waals surface area (Å²) in [5.74, 6) is 0.454. The minimum Gasteiger partial charge on any atom is -0.299 e. The number of benzene rings is 2. The molecule has 0 atom stereocenters. The van der Waals surface area contributed by atoms with E-state index < -0.39 is 10.0 Å². The Labute approximate surface area is 175 Å². The molecule has 0 spiro atoms. The van der Waals surface area contributed by atoms with Gasteiger partial charge in [0.15, 0.2) is 0 Å². The van der Waals surface area contributed by atoms with Gasteiger partial charge in [-0.1, -0.05) is 29.0 Å². The Bertz CT molecular complexity index is 1140. The Hall–Kier alpha value is -1.39. The van der Waals surface area contributed by atoms with E-state index in [9.17, 15) is 17.6 Å². The van der Waals surface area contributed by atoms with Crippen LogP contribution in [-0.4, -0.2) is 25.3 Å². The number of thiazole rings is 1. The van der Waals surface area contributed by atoms with Gasteiger partial charge in [0.05, 0.1) is 15.1 Å². The molecule has 0 aliphatic rings. The molecule has 0 amide bonds. The molecule has 0 fully saturated rings. The van der Waals surface area contributed by atoms with Gasteiger partial charge in [0.25, 0.3) is 0 Å². The Morgan fingerprint density at radius 2 is 2.07 bits per heavy atom. The van der Waals surface area contributed by atoms with Gasteiger partial charge < -0.3 is 0 Å². The summed E-state index contributed by atoms with van der Waals surface area (Å²) in [6.07, 6.45) is 0. The highest BCUT2D eigenvalue weighted by Crippen LogP contribution is 2.24. The zero-order valence-electron chi connectivity index (χ0n) is 14.9. The van der Waals surface area contributed by atoms with Crippen LogP contribution in [-0.2, 0) is 22.3 Å². The molecule has 0 bridgehead atoms. The fraction of sp³-hybridized carbons (Fsp3) is 0.278. The third kappa shape index (κ3) is 4.60. The van der Waals surface area contributed by atoms with E-state index in [1.807, 2.05) is 6.92 Å². The number of rotatable bonds is 8. The molecule has 1 aromatic heterocycles. The van der Waals surface area contributed by atoms with E-state index in [4.69, 9.17) is 11.6 Å². The maximum absolute atomic E-state index is 13.7. The van der Waals surface area contributed by atoms with E-state index in [1.54, 1.807) is 22.8 Å². The molecule has 5 nitrogen and oxygen atoms in total. The molecule has 0 aliphatic heterocycles. The molecule has 1 heterocycles. The standard InChI is InChI=1S/C18H18ClFN2O3S3/c1-2-22-16-7-6-12(10-17(16)27-18(22)23)28(24,25)21-8-9-26-11-13-14(19)4-3-5-15(13)20/h3-7,10,21H,2,8-9,11H2,1H3. The maximum Gasteiger partial charge on any atom is 0.308 e. The van der Waals surface area contributed by atoms with E-state index in [1.165, 1.54) is 30.0 Å². The minimum atomic E-state index is -3.69. The highest BCUT2D eigenvalue weighted by molar-refractivity contribution is 7.98. The summed E-state index contributed by atoms with van der Waals surface area (Å²) < 4.78 is 43.5. The third-order valence-corrected chi connectivity index (χ3v) is 7.85. The average molecular weight is 461 g/mol. The van der Waals surface area contributed by atoms with Crippen LogP contribution in [0.2, 0.25) is 5.02 Å². The van der Waals surface area contributed by atoms with Crippen LogP contribution in [0, 0.1) is 5.82 Å². The number of halogens is 2. The molecule has 2 aromatic carbocycles. The van der Waals surface area contributed by atoms with Crippen LogP contribution in [0.15, 0.2) is 46.1 Å². The number of nitrogens with zero attached hydrogens (tertiary/aromatic N) is 1. The van der Waals surface area contributed by atoms with Gasteiger partial charge in [0, 0.05) is 35.2 Å². The summed E-state index contributed by atoms with van der Waals surface area (Å²) in [7, 11) is -3.69. The summed E-state index contributed by atoms with van der Waals surface area (Å²) in [6.45, 7) is 2.60. The Balaban J connectivity index is 1.61. The molecule has 150 valence electrons. The second kappa shape index (κ2) is 8.96. The van der Waals surface area contributed by atoms with Crippen molar-refractivity contribution in [2.75, 3.05) is 12.3 Å². The second-order valence-electron chi connectivity index (χ2n) is 5.89. The van der Waals surface area contributed by atoms with Gasteiger partial charge in [-0.2, -0.15) is 11.8 Å². The molecule has 28 heavy (non-hydrogen) atoms. The summed E-state index contributed by atoms with van der Waals surface area (Å²) in [4.78, 5) is 11.9. The predicted octanol–water partition coefficient (Wildman–Crippen LogP) is 4.09. The molecule has 0 radical (unpaired) electrons. The number of thioether (sulfide) groups is 1. The monoisotopic (exact) mass is 460 g/mol. The number of hydrogen-bond donors (Lipinski definition) is 1. The minimum absolute atomic E-state index is 0.108. The van der Waals surface area contributed by atoms with Gasteiger partial charge in [-0.3, -0.25) is 9.36 Å². The van der Waals surface area contributed by atoms with E-state index in [0.29, 0.717) is 33.3 Å². The summed E-state index contributed by atoms with van der Waals surface area (Å²) in [5, 5.41) is 0.361. The summed E-state index contributed by atoms with van der Waals surface area (Å²) in [6, 6.07) is 9.18. The van der Waals surface area contributed by atoms with Gasteiger partial charge in [0.2, 0.25) is 10.0 Å². The molecule has 1 N–H and O–H groups in total. The van der Waals surface area contributed by atoms with Crippen molar-refractivity contribution in [3.63, 3.8) is 0 Å². The highest BCUT2D eigenvalue weighted by Gasteiger charge is 2.16. The van der Waals surface area contributed by atoms with E-state index >= 15 is 0 Å². The topological polar surface area (TPSA) is 68.2 Å². The first-order chi connectivity index (χ1) is 13.3. The van der Waals surface area contributed by atoms with Crippen LogP contribution in [0.5, 0.6) is 0 Å². The SMILES string of the molecule is CCn1c(=O)sc2cc(S(=O)(=O)NCCSCc3c(F)cccc3Cl)ccc21. The molecule has 10 heteroatoms. The maximum atomic E-state index is 13.7. The number of sulfonamides is 1. The largest absolute Gasteiger partial charge is 0.308 e. The quantitative estimate of drug-likeness (QED) is 0.514. The second-order valence-corrected chi connectivity index (χ2v) is 10.2. The van der Waals surface area contributed by atoms with Crippen LogP contribution in [0.1, 0.15) is 12.5 Å². The van der Waals surface area contributed by atoms with Crippen LogP contribution >= 0.6 is 34.7 Å². The van der Waals surface area contributed by atoms with E-state index in [2.05, 4.69) is 4.72 Å². The van der Waals surface area contributed by atoms with Crippen molar-refractivity contribution < 1.29 is 12.8 Å². The molecule has 0 aliphatic carbocycles. The van der Waals surface area contributed by atoms with Gasteiger partial charge in [-0.25, -0.2) is 17.5 Å². The van der Waals surface area contributed by atoms with Crippen LogP contribution in [0.4, 0.5) is 4.39 Å². The zero-order valence-corrected chi connectivity index (χ0v) is 18.2. The molecule has 0 saturated carbocycles. The molecule has 3 rings (SSSR count). The average Bonchev–Trinajstić information content (AvgIpc) is 2.97. The van der Waals surface area contributed by atoms with Crippen molar-refractivity contribution in [2.45, 2.75) is 24.1 Å². The van der Waals surface area contributed by atoms with Crippen molar-refractivity contribution in [1.82, 2.24) is 9.29 Å². The Morgan fingerprint density at radius 1 is 1.29 bits per heavy atom. The molecule has 3 aromatic rings. The number of aryl methyl sites for hydroxylation is 1. The lowest BCUT2D eigenvalue weighted by atomic mass is 10.2. The summed E-state index contributed by atoms with van der Waals surface area (Å²) >= 11 is 8.39. The highest BCUT2D eigenvalue weighted by atomic mass is 35.5. The number of nitrogens with one attached hydrogen (secondary N) is 1. The van der Waals surface area contributed by atoms with Crippen molar-refractivity contribution in [3.8, 4) is 0 Å². The molecular weight excluding hydrogens is 443 g/mol. The Kier molecular flexibility index (Phi) is 6.82. The van der Waals surface area contributed by atoms with Gasteiger partial charge in [-0.05, 0) is 37.3 Å². The first-order valence-corrected chi connectivity index (χ1v) is 12.3. The lowest BCUT2D eigenvalue weighted by Gasteiger charge is -2.08. The molecular formula is C18H18ClFN2O3S3. The Morgan fingerprint density at radius 3 is 2.79 bits per heavy atom. The summed E-state index contributed by atoms with van der Waals surface area (Å²) in [5.41, 5.74) is 1.14. The number of hydrogen-bond acceptors (Lipinski definition) is 5. The fourth-order valence-electron chi connectivity index (χ4n) is 2.69. The fourth-order valence-corrected chi connectivity index (χ4v) is 6.14. The van der Waals surface area contributed by atoms with E-state index in [-0.39, 0.29) is 22.1 Å². The smallest absolute Gasteiger partial charge is 0.299 e. The number of aromatic nitrogens is 1. The van der Waals surface area contributed by atoms with Gasteiger partial charge >= 0.3 is 4.87 Å². The van der Waals surface area contributed by atoms with Crippen molar-refractivity contribution in [2.24, 2.45) is 0 Å². The lowest BCUT2D eigenvalue weighted by molar-refractivity contribution is 0.584. The number of fused-ring (bicyclic) bond motifs is 1. The zero-order chi connectivity index (χ0) is 20.3. The van der Waals surface area contributed by atoms with Crippen molar-refractivity contribution in [1.29, 1.82) is 0 Å². The van der Waals surface area contributed by atoms with Crippen LogP contribution in [0.3, 0.4) is 0 Å². The lowest BCUT2D eigenvalue weighted by Crippen LogP contribution is -2.26. The first-order valence-electron chi connectivity index (χ1n) is 8.47. The van der Waals surface area contributed by atoms with Gasteiger partial charge in [0.1, 0.15) is 5.82 Å². The van der Waals surface area contributed by atoms with Crippen LogP contribution < -0.4 is 9.60 Å². The first kappa shape index (κ1) is 21.3. The third-order valence-electron chi connectivity index (χ3n) is 4.11. The molecule has 0 saturated heterocycles.